The second-order valence-electron chi connectivity index (χ2n) is 25.3. The van der Waals surface area contributed by atoms with Crippen LogP contribution in [0.3, 0.4) is 0 Å². The van der Waals surface area contributed by atoms with E-state index in [9.17, 15) is 58.2 Å². The zero-order valence-electron chi connectivity index (χ0n) is 57.5. The Hall–Kier alpha value is -10.2. The van der Waals surface area contributed by atoms with Gasteiger partial charge in [0.1, 0.15) is 44.1 Å². The number of fused-ring (bicyclic) bond motifs is 2. The van der Waals surface area contributed by atoms with Crippen LogP contribution in [0.2, 0.25) is 0 Å². The van der Waals surface area contributed by atoms with E-state index in [0.717, 1.165) is 32.6 Å². The number of ether oxygens (including phenoxy) is 5. The zero-order valence-corrected chi connectivity index (χ0v) is 60.4. The fourth-order valence-electron chi connectivity index (χ4n) is 13.7. The molecule has 102 heavy (non-hydrogen) atoms. The summed E-state index contributed by atoms with van der Waals surface area (Å²) in [5.74, 6) is -4.51. The molecule has 5 heterocycles. The molecule has 23 nitrogen and oxygen atoms in total. The van der Waals surface area contributed by atoms with E-state index in [4.69, 9.17) is 40.9 Å². The number of hydrogen-bond acceptors (Lipinski definition) is 17. The normalized spacial score (nSPS) is 18.7. The predicted octanol–water partition coefficient (Wildman–Crippen LogP) is 4.16. The van der Waals surface area contributed by atoms with E-state index in [1.807, 2.05) is 131 Å². The number of amides is 6. The Morgan fingerprint density at radius 1 is 0.529 bits per heavy atom. The third-order valence-electron chi connectivity index (χ3n) is 18.3. The summed E-state index contributed by atoms with van der Waals surface area (Å²) in [6, 6.07) is 49.0. The van der Waals surface area contributed by atoms with Gasteiger partial charge in [-0.1, -0.05) is 217 Å². The Balaban J connectivity index is 0.000000208. The molecule has 526 valence electrons. The first kappa shape index (κ1) is 77.6. The van der Waals surface area contributed by atoms with E-state index < -0.39 is 73.0 Å². The van der Waals surface area contributed by atoms with Crippen LogP contribution >= 0.6 is 6.89 Å². The van der Waals surface area contributed by atoms with Gasteiger partial charge in [-0.2, -0.15) is 0 Å². The number of esters is 2. The molecular weight excluding hydrogens is 1330 g/mol. The Morgan fingerprint density at radius 2 is 0.912 bits per heavy atom. The monoisotopic (exact) mass is 1410 g/mol. The van der Waals surface area contributed by atoms with Crippen LogP contribution in [0.5, 0.6) is 0 Å². The molecule has 0 saturated carbocycles. The first-order valence-corrected chi connectivity index (χ1v) is 34.6. The number of likely N-dealkylation sites (tertiary alicyclic amines) is 1. The van der Waals surface area contributed by atoms with Crippen LogP contribution in [-0.4, -0.2) is 122 Å². The molecule has 7 N–H and O–H groups in total. The molecule has 7 atom stereocenters. The maximum atomic E-state index is 14.6. The van der Waals surface area contributed by atoms with Crippen LogP contribution in [0.1, 0.15) is 92.1 Å². The van der Waals surface area contributed by atoms with Crippen LogP contribution in [0.4, 0.5) is 14.4 Å². The number of carboxylic acids is 1. The summed E-state index contributed by atoms with van der Waals surface area (Å²) in [6.07, 6.45) is 0.470. The molecule has 6 aromatic carbocycles. The minimum atomic E-state index is -3.10. The van der Waals surface area contributed by atoms with Gasteiger partial charge in [-0.15, -0.1) is 0 Å². The molecule has 3 fully saturated rings. The number of aliphatic hydroxyl groups excluding tert-OH is 1. The number of carbonyl (C=O) groups excluding carboxylic acids is 10. The summed E-state index contributed by atoms with van der Waals surface area (Å²) >= 11 is 0. The number of nitrogens with zero attached hydrogens (tertiary/aromatic N) is 3. The van der Waals surface area contributed by atoms with Crippen molar-refractivity contribution in [1.82, 2.24) is 14.7 Å². The SMILES string of the molecule is C=CCOC(=O)C(N1C(=O)[C@H](C(C)C)[C@H]1CC(=O)c1ccc(COC(N)=O)cc1)=P(c1ccccc1)(c1ccccc1)c1ccccc1.C=CCOC(=O)C1=C(c2ccc(COC(N)=O)cc2)C[C@@H]2[C@@H](C(C)C)C(=O)N12.C[C@@H](O)[C@H]1C(=O)N2C(C(=O)[O-])=C(c3ccc(COC(N)=O)cc3)C[C@H]12.[Na+]. The molecule has 11 rings (SSSR count). The minimum Gasteiger partial charge on any atom is -0.543 e. The summed E-state index contributed by atoms with van der Waals surface area (Å²) in [7, 11) is 0. The molecule has 0 aliphatic carbocycles. The summed E-state index contributed by atoms with van der Waals surface area (Å²) in [5.41, 5.74) is 20.7. The number of hydrogen-bond donors (Lipinski definition) is 4. The quantitative estimate of drug-likeness (QED) is 0.0119. The summed E-state index contributed by atoms with van der Waals surface area (Å²) in [5, 5.41) is 23.9. The van der Waals surface area contributed by atoms with E-state index in [2.05, 4.69) is 13.2 Å². The van der Waals surface area contributed by atoms with Crippen LogP contribution in [0.15, 0.2) is 200 Å². The van der Waals surface area contributed by atoms with Crippen LogP contribution in [0.25, 0.3) is 11.1 Å². The van der Waals surface area contributed by atoms with E-state index in [0.29, 0.717) is 46.4 Å². The van der Waals surface area contributed by atoms with E-state index in [-0.39, 0.29) is 128 Å². The number of aliphatic hydroxyl groups is 1. The van der Waals surface area contributed by atoms with Crippen LogP contribution in [0, 0.1) is 29.6 Å². The molecular formula is C77H80N6NaO17P. The van der Waals surface area contributed by atoms with Gasteiger partial charge in [-0.3, -0.25) is 19.2 Å². The van der Waals surface area contributed by atoms with Crippen molar-refractivity contribution in [2.75, 3.05) is 13.2 Å². The number of β-lactam (4-membered cyclic amide) rings is 3. The molecule has 5 aliphatic rings. The fraction of sp³-hybridized carbons (Fsp3) is 0.286. The third-order valence-corrected chi connectivity index (χ3v) is 22.5. The predicted molar refractivity (Wildman–Crippen MR) is 376 cm³/mol. The van der Waals surface area contributed by atoms with Gasteiger partial charge in [-0.05, 0) is 86.5 Å². The number of benzene rings is 6. The van der Waals surface area contributed by atoms with Gasteiger partial charge in [-0.25, -0.2) is 24.0 Å². The van der Waals surface area contributed by atoms with Gasteiger partial charge in [0.05, 0.1) is 53.6 Å². The van der Waals surface area contributed by atoms with Crippen molar-refractivity contribution in [2.24, 2.45) is 46.8 Å². The van der Waals surface area contributed by atoms with Crippen LogP contribution < -0.4 is 67.8 Å². The van der Waals surface area contributed by atoms with Crippen molar-refractivity contribution in [3.8, 4) is 0 Å². The van der Waals surface area contributed by atoms with Gasteiger partial charge in [0.25, 0.3) is 0 Å². The smallest absolute Gasteiger partial charge is 0.543 e. The second-order valence-corrected chi connectivity index (χ2v) is 28.6. The Bertz CT molecular complexity index is 4180. The summed E-state index contributed by atoms with van der Waals surface area (Å²) in [4.78, 5) is 129. The van der Waals surface area contributed by atoms with E-state index >= 15 is 0 Å². The first-order valence-electron chi connectivity index (χ1n) is 32.8. The second kappa shape index (κ2) is 34.5. The van der Waals surface area contributed by atoms with Crippen molar-refractivity contribution in [2.45, 2.75) is 97.9 Å². The Labute approximate surface area is 613 Å². The molecule has 3 saturated heterocycles. The average Bonchev–Trinajstić information content (AvgIpc) is 0.851. The number of carbonyl (C=O) groups is 10. The molecule has 0 radical (unpaired) electrons. The first-order chi connectivity index (χ1) is 48.3. The average molecular weight is 1420 g/mol. The molecule has 0 aromatic heterocycles. The number of Topliss-reactive ketones (excluding diaryl/α,β-unsaturated/α-hetero) is 1. The number of ketones is 1. The maximum absolute atomic E-state index is 14.6. The largest absolute Gasteiger partial charge is 1.00 e. The van der Waals surface area contributed by atoms with E-state index in [1.165, 1.54) is 24.0 Å². The molecule has 0 spiro atoms. The summed E-state index contributed by atoms with van der Waals surface area (Å²) < 4.78 is 25.4. The molecule has 25 heteroatoms. The van der Waals surface area contributed by atoms with Crippen molar-refractivity contribution < 1.29 is 111 Å². The Morgan fingerprint density at radius 3 is 1.30 bits per heavy atom. The molecule has 6 aromatic rings. The van der Waals surface area contributed by atoms with Gasteiger partial charge in [0.2, 0.25) is 17.7 Å². The topological polar surface area (TPSA) is 348 Å². The van der Waals surface area contributed by atoms with Crippen molar-refractivity contribution in [3.63, 3.8) is 0 Å². The van der Waals surface area contributed by atoms with Gasteiger partial charge < -0.3 is 70.6 Å². The van der Waals surface area contributed by atoms with Gasteiger partial charge in [0.15, 0.2) is 5.78 Å². The third kappa shape index (κ3) is 16.6. The zero-order chi connectivity index (χ0) is 73.0. The molecule has 0 bridgehead atoms. The van der Waals surface area contributed by atoms with Crippen LogP contribution in [-0.2, 0) is 72.3 Å². The number of nitrogens with two attached hydrogens (primary N) is 3. The number of primary amides is 3. The number of carboxylic acid groups (broad SMARTS) is 1. The standard InChI is InChI=1S/C39H39N2O6P.C21H24N2O5.C17H18N2O6.Na/c1-4-24-46-38(44)37(48(30-14-8-5-9-15-30,31-16-10-6-11-17-31)32-18-12-7-13-19-32)41-33(35(27(2)3)36(41)43)25-34(42)29-22-20-28(21-23-29)26-47-39(40)45;1-4-9-27-20(25)18-15(10-16-17(12(2)3)19(24)23(16)18)14-7-5-13(6-8-14)11-28-21(22)26;1-8(20)13-12-6-11(14(16(22)23)19(12)15(13)21)10-4-2-9(3-5-10)7-25-17(18)24;/h4-23,27,33,35H,1,24-26H2,2-3H3,(H2,40,45);4-8,12,16-17H,1,9-11H2,2-3H3,(H2,22,26);2-5,8,12-13,20H,6-7H2,1H3,(H2,18,24)(H,22,23);/q;;;+1/p-1/t33-,35-;16-,17-;8-,12-,13-;/m111./s1. The molecule has 5 aliphatic heterocycles. The van der Waals surface area contributed by atoms with Gasteiger partial charge in [0, 0.05) is 18.9 Å². The fourth-order valence-corrected chi connectivity index (χ4v) is 18.1. The molecule has 0 unspecified atom stereocenters. The Kier molecular flexibility index (Phi) is 26.2. The van der Waals surface area contributed by atoms with Crippen molar-refractivity contribution in [3.05, 3.63) is 234 Å². The number of aliphatic carboxylic acids is 1. The maximum Gasteiger partial charge on any atom is 1.00 e. The van der Waals surface area contributed by atoms with Crippen molar-refractivity contribution >= 4 is 99.1 Å². The minimum absolute atomic E-state index is 0. The van der Waals surface area contributed by atoms with Gasteiger partial charge >= 0.3 is 59.8 Å². The summed E-state index contributed by atoms with van der Waals surface area (Å²) in [6.45, 7) is 13.8. The number of rotatable bonds is 25. The molecule has 6 amide bonds. The van der Waals surface area contributed by atoms with E-state index in [1.54, 1.807) is 70.5 Å². The van der Waals surface area contributed by atoms with Crippen molar-refractivity contribution in [1.29, 1.82) is 0 Å².